The highest BCUT2D eigenvalue weighted by Crippen LogP contribution is 2.42. The van der Waals surface area contributed by atoms with Crippen molar-refractivity contribution in [1.82, 2.24) is 0 Å². The molecule has 0 amide bonds. The summed E-state index contributed by atoms with van der Waals surface area (Å²) in [5.41, 5.74) is 6.66. The number of pyridine rings is 1. The van der Waals surface area contributed by atoms with Gasteiger partial charge in [0.05, 0.1) is 19.9 Å². The summed E-state index contributed by atoms with van der Waals surface area (Å²) in [5, 5.41) is 11.3. The van der Waals surface area contributed by atoms with Gasteiger partial charge in [-0.25, -0.2) is 4.39 Å². The van der Waals surface area contributed by atoms with E-state index in [-0.39, 0.29) is 11.7 Å². The maximum Gasteiger partial charge on any atom is 0.216 e. The molecule has 0 atom stereocenters. The van der Waals surface area contributed by atoms with E-state index in [1.165, 1.54) is 11.6 Å². The summed E-state index contributed by atoms with van der Waals surface area (Å²) < 4.78 is 47.1. The molecule has 172 valence electrons. The zero-order valence-corrected chi connectivity index (χ0v) is 19.7. The quantitative estimate of drug-likeness (QED) is 0.247. The summed E-state index contributed by atoms with van der Waals surface area (Å²) in [6.07, 6.45) is -0.491. The van der Waals surface area contributed by atoms with Crippen molar-refractivity contribution in [1.29, 1.82) is 5.26 Å². The molecule has 4 aromatic carbocycles. The summed E-state index contributed by atoms with van der Waals surface area (Å²) in [5.74, 6) is -1.05. The van der Waals surface area contributed by atoms with E-state index in [9.17, 15) is 9.65 Å². The minimum absolute atomic E-state index is 0.208. The van der Waals surface area contributed by atoms with Gasteiger partial charge in [-0.1, -0.05) is 60.7 Å². The second-order valence-electron chi connectivity index (χ2n) is 8.74. The van der Waals surface area contributed by atoms with Gasteiger partial charge in [-0.05, 0) is 53.4 Å². The molecule has 4 heteroatoms. The number of aryl methyl sites for hydroxylation is 1. The molecule has 0 N–H and O–H groups in total. The Labute approximate surface area is 212 Å². The average Bonchev–Trinajstić information content (AvgIpc) is 3.36. The lowest BCUT2D eigenvalue weighted by Crippen LogP contribution is -2.31. The van der Waals surface area contributed by atoms with Crippen molar-refractivity contribution in [2.75, 3.05) is 0 Å². The number of furan rings is 1. The number of benzene rings is 4. The molecule has 2 aromatic heterocycles. The number of aromatic nitrogens is 1. The third kappa shape index (κ3) is 3.45. The van der Waals surface area contributed by atoms with Crippen molar-refractivity contribution in [3.63, 3.8) is 0 Å². The Morgan fingerprint density at radius 3 is 2.47 bits per heavy atom. The van der Waals surface area contributed by atoms with E-state index in [0.717, 1.165) is 27.8 Å². The summed E-state index contributed by atoms with van der Waals surface area (Å²) in [4.78, 5) is 0. The zero-order valence-electron chi connectivity index (χ0n) is 22.7. The molecule has 0 aliphatic heterocycles. The number of hydrogen-bond acceptors (Lipinski definition) is 2. The highest BCUT2D eigenvalue weighted by atomic mass is 19.1. The van der Waals surface area contributed by atoms with Gasteiger partial charge in [-0.15, -0.1) is 0 Å². The van der Waals surface area contributed by atoms with Crippen molar-refractivity contribution in [2.24, 2.45) is 7.05 Å². The largest absolute Gasteiger partial charge is 0.454 e. The maximum absolute atomic E-state index is 14.4. The van der Waals surface area contributed by atoms with Crippen LogP contribution in [0.4, 0.5) is 4.39 Å². The van der Waals surface area contributed by atoms with Crippen LogP contribution in [0, 0.1) is 24.1 Å². The smallest absolute Gasteiger partial charge is 0.216 e. The van der Waals surface area contributed by atoms with Crippen LogP contribution in [0.25, 0.3) is 55.4 Å². The van der Waals surface area contributed by atoms with Crippen LogP contribution in [0.1, 0.15) is 15.2 Å². The van der Waals surface area contributed by atoms with Crippen LogP contribution in [0.5, 0.6) is 0 Å². The van der Waals surface area contributed by atoms with Crippen molar-refractivity contribution < 1.29 is 17.5 Å². The first-order valence-electron chi connectivity index (χ1n) is 13.0. The first-order chi connectivity index (χ1) is 18.8. The predicted octanol–water partition coefficient (Wildman–Crippen LogP) is 7.73. The standard InChI is InChI=1S/C32H22FN2O/c1-20-11-14-27-30-24(18-34)12-15-26(23-10-6-9-22(17-23)21-7-4-3-5-8-21)31(30)36-32(27)29(20)28-16-13-25(33)19-35(28)2/h3-17,19H,1-2H3/q+1/i13D,16D,19D. The monoisotopic (exact) mass is 472 g/mol. The van der Waals surface area contributed by atoms with Crippen molar-refractivity contribution in [3.05, 3.63) is 114 Å². The first kappa shape index (κ1) is 18.6. The van der Waals surface area contributed by atoms with Crippen LogP contribution >= 0.6 is 0 Å². The third-order valence-electron chi connectivity index (χ3n) is 6.53. The first-order valence-corrected chi connectivity index (χ1v) is 11.5. The van der Waals surface area contributed by atoms with Crippen molar-refractivity contribution in [3.8, 4) is 39.6 Å². The molecule has 0 bridgehead atoms. The number of hydrogen-bond donors (Lipinski definition) is 0. The molecule has 0 spiro atoms. The van der Waals surface area contributed by atoms with Gasteiger partial charge >= 0.3 is 0 Å². The maximum atomic E-state index is 14.4. The Kier molecular flexibility index (Phi) is 4.37. The molecule has 0 saturated carbocycles. The fourth-order valence-corrected chi connectivity index (χ4v) is 4.81. The molecule has 2 heterocycles. The summed E-state index contributed by atoms with van der Waals surface area (Å²) in [6.45, 7) is 1.84. The number of halogens is 1. The molecule has 0 saturated heterocycles. The average molecular weight is 473 g/mol. The highest BCUT2D eigenvalue weighted by Gasteiger charge is 2.23. The lowest BCUT2D eigenvalue weighted by atomic mass is 9.95. The zero-order chi connectivity index (χ0) is 27.4. The Morgan fingerprint density at radius 1 is 0.889 bits per heavy atom. The van der Waals surface area contributed by atoms with Gasteiger partial charge in [0.25, 0.3) is 0 Å². The SMILES string of the molecule is [2H]c1c([2H])c(-c2c(C)ccc3c2oc2c(-c4cccc(-c5ccccc5)c4)ccc(C#N)c23)[n+](C)c([2H])c1F. The van der Waals surface area contributed by atoms with E-state index < -0.39 is 18.0 Å². The lowest BCUT2D eigenvalue weighted by molar-refractivity contribution is -0.661. The van der Waals surface area contributed by atoms with Gasteiger partial charge in [0.2, 0.25) is 11.9 Å². The molecule has 3 nitrogen and oxygen atoms in total. The van der Waals surface area contributed by atoms with E-state index in [2.05, 4.69) is 12.1 Å². The Balaban J connectivity index is 1.69. The molecule has 6 aromatic rings. The Bertz CT molecular complexity index is 1960. The Hall–Kier alpha value is -4.75. The summed E-state index contributed by atoms with van der Waals surface area (Å²) in [6, 6.07) is 26.8. The van der Waals surface area contributed by atoms with E-state index >= 15 is 0 Å². The van der Waals surface area contributed by atoms with Gasteiger partial charge in [-0.2, -0.15) is 9.83 Å². The molecular formula is C32H22FN2O+. The molecule has 0 aliphatic carbocycles. The van der Waals surface area contributed by atoms with Crippen LogP contribution in [0.15, 0.2) is 102 Å². The van der Waals surface area contributed by atoms with Crippen molar-refractivity contribution >= 4 is 21.9 Å². The molecular weight excluding hydrogens is 447 g/mol. The van der Waals surface area contributed by atoms with Crippen LogP contribution in [0.3, 0.4) is 0 Å². The van der Waals surface area contributed by atoms with Crippen molar-refractivity contribution in [2.45, 2.75) is 6.92 Å². The fourth-order valence-electron chi connectivity index (χ4n) is 4.81. The minimum atomic E-state index is -1.05. The third-order valence-corrected chi connectivity index (χ3v) is 6.53. The number of fused-ring (bicyclic) bond motifs is 3. The lowest BCUT2D eigenvalue weighted by Gasteiger charge is -2.07. The fraction of sp³-hybridized carbons (Fsp3) is 0.0625. The topological polar surface area (TPSA) is 40.8 Å². The van der Waals surface area contributed by atoms with Crippen LogP contribution in [0.2, 0.25) is 0 Å². The summed E-state index contributed by atoms with van der Waals surface area (Å²) >= 11 is 0. The number of nitriles is 1. The molecule has 0 aliphatic rings. The predicted molar refractivity (Wildman–Crippen MR) is 141 cm³/mol. The van der Waals surface area contributed by atoms with E-state index in [1.54, 1.807) is 6.07 Å². The minimum Gasteiger partial charge on any atom is -0.454 e. The number of rotatable bonds is 3. The molecule has 36 heavy (non-hydrogen) atoms. The second kappa shape index (κ2) is 8.48. The Morgan fingerprint density at radius 2 is 1.67 bits per heavy atom. The highest BCUT2D eigenvalue weighted by molar-refractivity contribution is 6.15. The molecule has 0 unspecified atom stereocenters. The van der Waals surface area contributed by atoms with Gasteiger partial charge in [-0.3, -0.25) is 0 Å². The van der Waals surface area contributed by atoms with E-state index in [0.29, 0.717) is 33.1 Å². The molecule has 6 rings (SSSR count). The normalized spacial score (nSPS) is 12.3. The number of nitrogens with zero attached hydrogens (tertiary/aromatic N) is 2. The van der Waals surface area contributed by atoms with Gasteiger partial charge < -0.3 is 4.42 Å². The van der Waals surface area contributed by atoms with Gasteiger partial charge in [0.1, 0.15) is 19.6 Å². The van der Waals surface area contributed by atoms with Crippen LogP contribution < -0.4 is 4.57 Å². The van der Waals surface area contributed by atoms with Crippen LogP contribution in [-0.2, 0) is 7.05 Å². The van der Waals surface area contributed by atoms with E-state index in [1.807, 2.05) is 73.7 Å². The van der Waals surface area contributed by atoms with Gasteiger partial charge in [0, 0.05) is 22.4 Å². The molecule has 0 radical (unpaired) electrons. The second-order valence-corrected chi connectivity index (χ2v) is 8.74. The van der Waals surface area contributed by atoms with E-state index in [4.69, 9.17) is 8.53 Å². The molecule has 0 fully saturated rings. The summed E-state index contributed by atoms with van der Waals surface area (Å²) in [7, 11) is 1.50. The van der Waals surface area contributed by atoms with Gasteiger partial charge in [0.15, 0.2) is 5.82 Å². The van der Waals surface area contributed by atoms with Crippen LogP contribution in [-0.4, -0.2) is 0 Å².